The van der Waals surface area contributed by atoms with Gasteiger partial charge in [-0.15, -0.1) is 0 Å². The zero-order valence-electron chi connectivity index (χ0n) is 14.9. The third kappa shape index (κ3) is 2.28. The fourth-order valence-corrected chi connectivity index (χ4v) is 5.84. The van der Waals surface area contributed by atoms with Crippen LogP contribution >= 0.6 is 0 Å². The van der Waals surface area contributed by atoms with Crippen molar-refractivity contribution in [1.82, 2.24) is 14.9 Å². The van der Waals surface area contributed by atoms with Crippen molar-refractivity contribution in [3.8, 4) is 11.1 Å². The lowest BCUT2D eigenvalue weighted by atomic mass is 9.65. The molecule has 26 heavy (non-hydrogen) atoms. The van der Waals surface area contributed by atoms with E-state index in [1.165, 1.54) is 60.2 Å². The molecule has 4 heteroatoms. The number of H-pyrrole nitrogens is 1. The maximum Gasteiger partial charge on any atom is 0.0535 e. The monoisotopic (exact) mass is 344 g/mol. The molecule has 3 aliphatic heterocycles. The van der Waals surface area contributed by atoms with Crippen LogP contribution in [0.25, 0.3) is 22.0 Å². The molecule has 2 unspecified atom stereocenters. The van der Waals surface area contributed by atoms with Crippen LogP contribution in [0.2, 0.25) is 0 Å². The van der Waals surface area contributed by atoms with E-state index in [-0.39, 0.29) is 0 Å². The van der Waals surface area contributed by atoms with Gasteiger partial charge in [0.2, 0.25) is 0 Å². The maximum atomic E-state index is 4.55. The number of piperidine rings is 3. The molecule has 1 saturated carbocycles. The molecule has 0 spiro atoms. The van der Waals surface area contributed by atoms with Gasteiger partial charge in [-0.05, 0) is 54.4 Å². The van der Waals surface area contributed by atoms with E-state index in [4.69, 9.17) is 0 Å². The van der Waals surface area contributed by atoms with Crippen LogP contribution < -0.4 is 5.32 Å². The Kier molecular flexibility index (Phi) is 3.18. The molecule has 1 aliphatic carbocycles. The normalized spacial score (nSPS) is 32.2. The van der Waals surface area contributed by atoms with Gasteiger partial charge in [-0.1, -0.05) is 12.1 Å². The van der Waals surface area contributed by atoms with Gasteiger partial charge >= 0.3 is 0 Å². The number of hydrogen-bond donors (Lipinski definition) is 2. The first-order valence-corrected chi connectivity index (χ1v) is 9.84. The van der Waals surface area contributed by atoms with Crippen molar-refractivity contribution in [2.24, 2.45) is 17.8 Å². The Balaban J connectivity index is 1.32. The minimum absolute atomic E-state index is 0.614. The average molecular weight is 344 g/mol. The third-order valence-corrected chi connectivity index (χ3v) is 6.77. The van der Waals surface area contributed by atoms with Crippen molar-refractivity contribution in [1.29, 1.82) is 0 Å². The highest BCUT2D eigenvalue weighted by Gasteiger charge is 2.47. The molecule has 3 aromatic rings. The summed E-state index contributed by atoms with van der Waals surface area (Å²) in [7, 11) is 0. The second-order valence-corrected chi connectivity index (χ2v) is 8.45. The Hall–Kier alpha value is -2.33. The summed E-state index contributed by atoms with van der Waals surface area (Å²) in [5, 5.41) is 5.14. The number of fused-ring (bicyclic) bond motifs is 1. The van der Waals surface area contributed by atoms with Crippen LogP contribution in [0.5, 0.6) is 0 Å². The summed E-state index contributed by atoms with van der Waals surface area (Å²) in [5.74, 6) is 2.55. The van der Waals surface area contributed by atoms with Crippen molar-refractivity contribution < 1.29 is 0 Å². The highest BCUT2D eigenvalue weighted by Crippen LogP contribution is 2.44. The summed E-state index contributed by atoms with van der Waals surface area (Å²) in [6, 6.07) is 11.5. The number of nitrogens with zero attached hydrogens (tertiary/aromatic N) is 2. The van der Waals surface area contributed by atoms with Gasteiger partial charge in [0.1, 0.15) is 0 Å². The first-order valence-electron chi connectivity index (χ1n) is 9.84. The molecule has 0 radical (unpaired) electrons. The molecule has 132 valence electrons. The average Bonchev–Trinajstić information content (AvgIpc) is 3.13. The number of rotatable bonds is 3. The second-order valence-electron chi connectivity index (χ2n) is 8.45. The highest BCUT2D eigenvalue weighted by molar-refractivity contribution is 5.95. The molecule has 3 saturated heterocycles. The molecule has 2 N–H and O–H groups in total. The highest BCUT2D eigenvalue weighted by atomic mass is 15.2. The number of aromatic nitrogens is 2. The van der Waals surface area contributed by atoms with E-state index in [0.717, 1.165) is 17.8 Å². The van der Waals surface area contributed by atoms with Crippen molar-refractivity contribution >= 4 is 16.6 Å². The summed E-state index contributed by atoms with van der Waals surface area (Å²) in [6.45, 7) is 3.90. The van der Waals surface area contributed by atoms with Gasteiger partial charge in [0.25, 0.3) is 0 Å². The van der Waals surface area contributed by atoms with E-state index in [1.807, 2.05) is 18.6 Å². The molecule has 4 bridgehead atoms. The molecule has 1 aromatic carbocycles. The predicted octanol–water partition coefficient (Wildman–Crippen LogP) is 3.98. The zero-order valence-corrected chi connectivity index (χ0v) is 14.9. The summed E-state index contributed by atoms with van der Waals surface area (Å²) in [6.07, 6.45) is 8.79. The van der Waals surface area contributed by atoms with Crippen molar-refractivity contribution in [2.45, 2.75) is 18.9 Å². The van der Waals surface area contributed by atoms with E-state index >= 15 is 0 Å². The van der Waals surface area contributed by atoms with Crippen molar-refractivity contribution in [3.63, 3.8) is 0 Å². The van der Waals surface area contributed by atoms with E-state index in [0.29, 0.717) is 6.04 Å². The molecular formula is C22H24N4. The van der Waals surface area contributed by atoms with Crippen LogP contribution in [0.3, 0.4) is 0 Å². The van der Waals surface area contributed by atoms with E-state index in [2.05, 4.69) is 50.5 Å². The summed E-state index contributed by atoms with van der Waals surface area (Å²) < 4.78 is 0. The van der Waals surface area contributed by atoms with Gasteiger partial charge < -0.3 is 15.2 Å². The number of anilines is 1. The first-order chi connectivity index (χ1) is 12.8. The molecule has 4 nitrogen and oxygen atoms in total. The Morgan fingerprint density at radius 2 is 1.92 bits per heavy atom. The molecule has 5 heterocycles. The van der Waals surface area contributed by atoms with Gasteiger partial charge in [0, 0.05) is 60.7 Å². The Morgan fingerprint density at radius 1 is 1.04 bits per heavy atom. The largest absolute Gasteiger partial charge is 0.380 e. The van der Waals surface area contributed by atoms with Gasteiger partial charge in [-0.2, -0.15) is 0 Å². The molecule has 4 fully saturated rings. The molecule has 7 rings (SSSR count). The molecular weight excluding hydrogens is 320 g/mol. The van der Waals surface area contributed by atoms with Gasteiger partial charge in [0.15, 0.2) is 0 Å². The Bertz CT molecular complexity index is 931. The fourth-order valence-electron chi connectivity index (χ4n) is 5.84. The topological polar surface area (TPSA) is 44.0 Å². The number of nitrogens with one attached hydrogen (secondary N) is 2. The van der Waals surface area contributed by atoms with Crippen LogP contribution in [0, 0.1) is 17.8 Å². The predicted molar refractivity (Wildman–Crippen MR) is 105 cm³/mol. The second kappa shape index (κ2) is 5.58. The number of pyridine rings is 1. The minimum Gasteiger partial charge on any atom is -0.380 e. The molecule has 2 atom stereocenters. The van der Waals surface area contributed by atoms with Gasteiger partial charge in [-0.25, -0.2) is 0 Å². The SMILES string of the molecule is c1cc(-c2cncc(NC3C4CC5CC3CN(C5)C4)c2)c2cc[nH]c2c1. The van der Waals surface area contributed by atoms with Gasteiger partial charge in [0.05, 0.1) is 5.69 Å². The smallest absolute Gasteiger partial charge is 0.0535 e. The summed E-state index contributed by atoms with van der Waals surface area (Å²) in [5.41, 5.74) is 4.78. The Labute approximate surface area is 153 Å². The Morgan fingerprint density at radius 3 is 2.77 bits per heavy atom. The quantitative estimate of drug-likeness (QED) is 0.755. The van der Waals surface area contributed by atoms with Crippen LogP contribution in [-0.4, -0.2) is 40.5 Å². The van der Waals surface area contributed by atoms with Crippen LogP contribution in [0.4, 0.5) is 5.69 Å². The van der Waals surface area contributed by atoms with E-state index < -0.39 is 0 Å². The van der Waals surface area contributed by atoms with Crippen LogP contribution in [-0.2, 0) is 0 Å². The lowest BCUT2D eigenvalue weighted by Crippen LogP contribution is -2.62. The summed E-state index contributed by atoms with van der Waals surface area (Å²) in [4.78, 5) is 10.5. The zero-order chi connectivity index (χ0) is 17.1. The standard InChI is InChI=1S/C22H24N4/c1-2-19(20-4-5-24-21(20)3-1)15-8-18(10-23-9-15)25-22-16-6-14-7-17(22)13-26(11-14)12-16/h1-5,8-10,14,16-17,22,24-25H,6-7,11-13H2. The first kappa shape index (κ1) is 14.8. The summed E-state index contributed by atoms with van der Waals surface area (Å²) >= 11 is 0. The van der Waals surface area contributed by atoms with Crippen molar-refractivity contribution in [2.75, 3.05) is 25.0 Å². The number of aromatic amines is 1. The lowest BCUT2D eigenvalue weighted by Gasteiger charge is -2.56. The van der Waals surface area contributed by atoms with Crippen molar-refractivity contribution in [3.05, 3.63) is 48.9 Å². The number of hydrogen-bond acceptors (Lipinski definition) is 3. The van der Waals surface area contributed by atoms with Crippen LogP contribution in [0.15, 0.2) is 48.9 Å². The number of benzene rings is 1. The van der Waals surface area contributed by atoms with Gasteiger partial charge in [-0.3, -0.25) is 4.98 Å². The third-order valence-electron chi connectivity index (χ3n) is 6.77. The molecule has 4 aliphatic rings. The lowest BCUT2D eigenvalue weighted by molar-refractivity contribution is -0.0269. The van der Waals surface area contributed by atoms with E-state index in [1.54, 1.807) is 0 Å². The minimum atomic E-state index is 0.614. The van der Waals surface area contributed by atoms with E-state index in [9.17, 15) is 0 Å². The fraction of sp³-hybridized carbons (Fsp3) is 0.409. The van der Waals surface area contributed by atoms with Crippen LogP contribution in [0.1, 0.15) is 12.8 Å². The molecule has 0 amide bonds. The maximum absolute atomic E-state index is 4.55. The molecule has 2 aromatic heterocycles.